The number of rotatable bonds is 3. The molecule has 3 rings (SSSR count). The molecular formula is C13H12BrNO3. The molecule has 1 aromatic rings. The van der Waals surface area contributed by atoms with Gasteiger partial charge in [-0.2, -0.15) is 0 Å². The fraction of sp³-hybridized carbons (Fsp3) is 0.385. The lowest BCUT2D eigenvalue weighted by atomic mass is 10.2. The molecule has 1 saturated heterocycles. The molecule has 0 spiro atoms. The maximum absolute atomic E-state index is 11.8. The maximum Gasteiger partial charge on any atom is 0.233 e. The molecule has 1 aromatic carbocycles. The summed E-state index contributed by atoms with van der Waals surface area (Å²) in [5.74, 6) is 0.646. The number of amides is 2. The number of carbonyl (C=O) groups excluding carboxylic acids is 2. The zero-order valence-corrected chi connectivity index (χ0v) is 11.4. The summed E-state index contributed by atoms with van der Waals surface area (Å²) in [5.41, 5.74) is 0.922. The van der Waals surface area contributed by atoms with Crippen molar-refractivity contribution in [2.45, 2.75) is 13.0 Å². The van der Waals surface area contributed by atoms with E-state index >= 15 is 0 Å². The molecule has 2 atom stereocenters. The highest BCUT2D eigenvalue weighted by atomic mass is 79.9. The van der Waals surface area contributed by atoms with Crippen LogP contribution >= 0.6 is 15.9 Å². The third-order valence-corrected chi connectivity index (χ3v) is 4.13. The number of likely N-dealkylation sites (tertiary alicyclic amines) is 1. The van der Waals surface area contributed by atoms with E-state index < -0.39 is 0 Å². The van der Waals surface area contributed by atoms with E-state index in [9.17, 15) is 9.59 Å². The largest absolute Gasteiger partial charge is 0.496 e. The zero-order chi connectivity index (χ0) is 12.9. The average Bonchev–Trinajstić information content (AvgIpc) is 3.10. The Balaban J connectivity index is 1.79. The molecule has 2 unspecified atom stereocenters. The van der Waals surface area contributed by atoms with Crippen LogP contribution in [0, 0.1) is 11.8 Å². The van der Waals surface area contributed by atoms with Crippen LogP contribution in [0.5, 0.6) is 5.75 Å². The van der Waals surface area contributed by atoms with Crippen molar-refractivity contribution in [1.82, 2.24) is 4.90 Å². The third kappa shape index (κ3) is 1.73. The number of imide groups is 1. The highest BCUT2D eigenvalue weighted by Gasteiger charge is 2.58. The minimum Gasteiger partial charge on any atom is -0.496 e. The number of fused-ring (bicyclic) bond motifs is 1. The zero-order valence-electron chi connectivity index (χ0n) is 9.85. The smallest absolute Gasteiger partial charge is 0.233 e. The molecule has 2 fully saturated rings. The lowest BCUT2D eigenvalue weighted by molar-refractivity contribution is -0.142. The van der Waals surface area contributed by atoms with Crippen molar-refractivity contribution in [1.29, 1.82) is 0 Å². The highest BCUT2D eigenvalue weighted by molar-refractivity contribution is 9.10. The van der Waals surface area contributed by atoms with E-state index in [0.29, 0.717) is 6.54 Å². The predicted octanol–water partition coefficient (Wildman–Crippen LogP) is 1.96. The van der Waals surface area contributed by atoms with Crippen LogP contribution in [0.1, 0.15) is 12.0 Å². The third-order valence-electron chi connectivity index (χ3n) is 3.51. The molecule has 0 N–H and O–H groups in total. The van der Waals surface area contributed by atoms with Crippen molar-refractivity contribution in [3.05, 3.63) is 28.2 Å². The Hall–Kier alpha value is -1.36. The fourth-order valence-corrected chi connectivity index (χ4v) is 2.98. The van der Waals surface area contributed by atoms with Crippen LogP contribution in [0.15, 0.2) is 22.7 Å². The lowest BCUT2D eigenvalue weighted by Crippen LogP contribution is -2.32. The summed E-state index contributed by atoms with van der Waals surface area (Å²) in [6, 6.07) is 5.57. The van der Waals surface area contributed by atoms with Crippen molar-refractivity contribution in [2.24, 2.45) is 11.8 Å². The molecule has 18 heavy (non-hydrogen) atoms. The minimum absolute atomic E-state index is 0.0167. The number of piperidine rings is 1. The van der Waals surface area contributed by atoms with Gasteiger partial charge >= 0.3 is 0 Å². The van der Waals surface area contributed by atoms with Crippen molar-refractivity contribution in [3.63, 3.8) is 0 Å². The van der Waals surface area contributed by atoms with Crippen molar-refractivity contribution < 1.29 is 14.3 Å². The first-order valence-corrected chi connectivity index (χ1v) is 6.58. The summed E-state index contributed by atoms with van der Waals surface area (Å²) in [6.07, 6.45) is 0.750. The van der Waals surface area contributed by atoms with Crippen LogP contribution in [0.4, 0.5) is 0 Å². The standard InChI is InChI=1S/C13H12BrNO3/c1-18-11-3-2-7(4-10(11)14)6-15-12(16)8-5-9(8)13(15)17/h2-4,8-9H,5-6H2,1H3. The maximum atomic E-state index is 11.8. The monoisotopic (exact) mass is 309 g/mol. The minimum atomic E-state index is -0.0285. The van der Waals surface area contributed by atoms with E-state index in [2.05, 4.69) is 15.9 Å². The Morgan fingerprint density at radius 2 is 2.00 bits per heavy atom. The fourth-order valence-electron chi connectivity index (χ4n) is 2.40. The molecular weight excluding hydrogens is 298 g/mol. The van der Waals surface area contributed by atoms with E-state index in [-0.39, 0.29) is 23.7 Å². The van der Waals surface area contributed by atoms with Gasteiger partial charge in [0.25, 0.3) is 0 Å². The van der Waals surface area contributed by atoms with Crippen LogP contribution in [-0.2, 0) is 16.1 Å². The van der Waals surface area contributed by atoms with Gasteiger partial charge in [0, 0.05) is 0 Å². The van der Waals surface area contributed by atoms with Crippen LogP contribution in [0.2, 0.25) is 0 Å². The van der Waals surface area contributed by atoms with Crippen LogP contribution in [0.3, 0.4) is 0 Å². The predicted molar refractivity (Wildman–Crippen MR) is 67.8 cm³/mol. The SMILES string of the molecule is COc1ccc(CN2C(=O)C3CC3C2=O)cc1Br. The molecule has 94 valence electrons. The normalized spacial score (nSPS) is 25.3. The second-order valence-electron chi connectivity index (χ2n) is 4.68. The number of carbonyl (C=O) groups is 2. The number of halogens is 1. The van der Waals surface area contributed by atoms with Crippen LogP contribution < -0.4 is 4.74 Å². The molecule has 0 radical (unpaired) electrons. The molecule has 0 aromatic heterocycles. The van der Waals surface area contributed by atoms with Gasteiger partial charge in [0.1, 0.15) is 5.75 Å². The molecule has 1 heterocycles. The van der Waals surface area contributed by atoms with E-state index in [1.807, 2.05) is 18.2 Å². The molecule has 2 aliphatic rings. The van der Waals surface area contributed by atoms with Gasteiger partial charge in [-0.25, -0.2) is 0 Å². The first-order valence-electron chi connectivity index (χ1n) is 5.79. The Morgan fingerprint density at radius 1 is 1.33 bits per heavy atom. The van der Waals surface area contributed by atoms with Crippen LogP contribution in [-0.4, -0.2) is 23.8 Å². The Bertz CT molecular complexity index is 523. The first kappa shape index (κ1) is 11.7. The van der Waals surface area contributed by atoms with Gasteiger partial charge < -0.3 is 4.74 Å². The molecule has 1 aliphatic heterocycles. The van der Waals surface area contributed by atoms with Gasteiger partial charge in [-0.05, 0) is 40.0 Å². The molecule has 4 nitrogen and oxygen atoms in total. The van der Waals surface area contributed by atoms with E-state index in [0.717, 1.165) is 22.2 Å². The van der Waals surface area contributed by atoms with Crippen molar-refractivity contribution >= 4 is 27.7 Å². The molecule has 0 bridgehead atoms. The quantitative estimate of drug-likeness (QED) is 0.802. The summed E-state index contributed by atoms with van der Waals surface area (Å²) < 4.78 is 5.97. The second-order valence-corrected chi connectivity index (χ2v) is 5.53. The van der Waals surface area contributed by atoms with E-state index in [4.69, 9.17) is 4.74 Å². The van der Waals surface area contributed by atoms with E-state index in [1.165, 1.54) is 4.90 Å². The van der Waals surface area contributed by atoms with Gasteiger partial charge in [-0.1, -0.05) is 6.07 Å². The number of ether oxygens (including phenoxy) is 1. The highest BCUT2D eigenvalue weighted by Crippen LogP contribution is 2.47. The summed E-state index contributed by atoms with van der Waals surface area (Å²) in [5, 5.41) is 0. The number of hydrogen-bond acceptors (Lipinski definition) is 3. The first-order chi connectivity index (χ1) is 8.61. The summed E-state index contributed by atoms with van der Waals surface area (Å²) in [7, 11) is 1.60. The van der Waals surface area contributed by atoms with E-state index in [1.54, 1.807) is 7.11 Å². The van der Waals surface area contributed by atoms with Gasteiger partial charge in [0.15, 0.2) is 0 Å². The summed E-state index contributed by atoms with van der Waals surface area (Å²) in [4.78, 5) is 25.0. The van der Waals surface area contributed by atoms with Crippen molar-refractivity contribution in [3.8, 4) is 5.75 Å². The molecule has 1 saturated carbocycles. The van der Waals surface area contributed by atoms with Crippen LogP contribution in [0.25, 0.3) is 0 Å². The number of methoxy groups -OCH3 is 1. The average molecular weight is 310 g/mol. The number of nitrogens with zero attached hydrogens (tertiary/aromatic N) is 1. The van der Waals surface area contributed by atoms with Gasteiger partial charge in [0.05, 0.1) is 30.0 Å². The topological polar surface area (TPSA) is 46.6 Å². The Labute approximate surface area is 113 Å². The number of benzene rings is 1. The number of hydrogen-bond donors (Lipinski definition) is 0. The molecule has 2 amide bonds. The Morgan fingerprint density at radius 3 is 2.56 bits per heavy atom. The summed E-state index contributed by atoms with van der Waals surface area (Å²) in [6.45, 7) is 0.354. The molecule has 5 heteroatoms. The van der Waals surface area contributed by atoms with Gasteiger partial charge in [0.2, 0.25) is 11.8 Å². The lowest BCUT2D eigenvalue weighted by Gasteiger charge is -2.16. The second kappa shape index (κ2) is 4.09. The molecule has 1 aliphatic carbocycles. The van der Waals surface area contributed by atoms with Crippen molar-refractivity contribution in [2.75, 3.05) is 7.11 Å². The van der Waals surface area contributed by atoms with Gasteiger partial charge in [-0.3, -0.25) is 14.5 Å². The Kier molecular flexibility index (Phi) is 2.66. The summed E-state index contributed by atoms with van der Waals surface area (Å²) >= 11 is 3.39. The van der Waals surface area contributed by atoms with Gasteiger partial charge in [-0.15, -0.1) is 0 Å².